The summed E-state index contributed by atoms with van der Waals surface area (Å²) in [4.78, 5) is 39.9. The third kappa shape index (κ3) is 4.00. The van der Waals surface area contributed by atoms with Gasteiger partial charge < -0.3 is 4.90 Å². The number of amides is 1. The van der Waals surface area contributed by atoms with Crippen LogP contribution >= 0.6 is 0 Å². The quantitative estimate of drug-likeness (QED) is 0.886. The minimum Gasteiger partial charge on any atom is -0.339 e. The molecule has 1 aliphatic heterocycles. The van der Waals surface area contributed by atoms with Crippen molar-refractivity contribution in [3.05, 3.63) is 68.0 Å². The molecule has 1 fully saturated rings. The smallest absolute Gasteiger partial charge is 0.328 e. The van der Waals surface area contributed by atoms with E-state index in [-0.39, 0.29) is 30.5 Å². The second kappa shape index (κ2) is 7.62. The molecule has 1 saturated heterocycles. The minimum atomic E-state index is -0.709. The summed E-state index contributed by atoms with van der Waals surface area (Å²) >= 11 is 0. The van der Waals surface area contributed by atoms with Gasteiger partial charge in [-0.3, -0.25) is 19.1 Å². The molecular formula is C20H22N4O3. The fourth-order valence-electron chi connectivity index (χ4n) is 3.57. The molecule has 140 valence electrons. The Morgan fingerprint density at radius 2 is 2.00 bits per heavy atom. The van der Waals surface area contributed by atoms with E-state index in [4.69, 9.17) is 5.26 Å². The summed E-state index contributed by atoms with van der Waals surface area (Å²) in [6.07, 6.45) is 2.25. The standard InChI is InChI=1S/C20H22N4O3/c1-13-3-5-15(6-4-13)16-9-14(2)24(12-16)18(25)7-8-23-11-17(10-21)19(26)22-20(23)27/h3-6,11,14,16H,7-9,12H2,1-2H3,(H,22,26,27). The lowest BCUT2D eigenvalue weighted by Crippen LogP contribution is -2.36. The van der Waals surface area contributed by atoms with Crippen LogP contribution in [0.2, 0.25) is 0 Å². The summed E-state index contributed by atoms with van der Waals surface area (Å²) in [5.74, 6) is 0.277. The largest absolute Gasteiger partial charge is 0.339 e. The van der Waals surface area contributed by atoms with Gasteiger partial charge in [0.05, 0.1) is 0 Å². The molecule has 2 atom stereocenters. The van der Waals surface area contributed by atoms with Crippen molar-refractivity contribution in [1.29, 1.82) is 5.26 Å². The molecule has 2 heterocycles. The van der Waals surface area contributed by atoms with Crippen LogP contribution in [0.4, 0.5) is 0 Å². The van der Waals surface area contributed by atoms with Crippen LogP contribution in [-0.4, -0.2) is 32.9 Å². The summed E-state index contributed by atoms with van der Waals surface area (Å²) in [5.41, 5.74) is 0.980. The second-order valence-corrected chi connectivity index (χ2v) is 7.10. The van der Waals surface area contributed by atoms with Crippen LogP contribution in [0.1, 0.15) is 42.4 Å². The molecular weight excluding hydrogens is 344 g/mol. The van der Waals surface area contributed by atoms with Gasteiger partial charge in [-0.15, -0.1) is 0 Å². The van der Waals surface area contributed by atoms with E-state index in [1.54, 1.807) is 6.07 Å². The molecule has 2 unspecified atom stereocenters. The van der Waals surface area contributed by atoms with E-state index in [9.17, 15) is 14.4 Å². The van der Waals surface area contributed by atoms with E-state index in [0.29, 0.717) is 12.5 Å². The normalized spacial score (nSPS) is 19.1. The molecule has 7 heteroatoms. The number of H-pyrrole nitrogens is 1. The van der Waals surface area contributed by atoms with Gasteiger partial charge in [0.25, 0.3) is 5.56 Å². The van der Waals surface area contributed by atoms with Crippen molar-refractivity contribution < 1.29 is 4.79 Å². The number of aryl methyl sites for hydroxylation is 2. The zero-order valence-electron chi connectivity index (χ0n) is 15.4. The lowest BCUT2D eigenvalue weighted by atomic mass is 9.96. The van der Waals surface area contributed by atoms with Gasteiger partial charge in [-0.05, 0) is 25.8 Å². The summed E-state index contributed by atoms with van der Waals surface area (Å²) in [6.45, 7) is 4.87. The Balaban J connectivity index is 1.66. The highest BCUT2D eigenvalue weighted by molar-refractivity contribution is 5.77. The molecule has 3 rings (SSSR count). The van der Waals surface area contributed by atoms with Crippen molar-refractivity contribution in [2.45, 2.75) is 45.2 Å². The van der Waals surface area contributed by atoms with Crippen molar-refractivity contribution in [2.24, 2.45) is 0 Å². The number of rotatable bonds is 4. The molecule has 0 radical (unpaired) electrons. The van der Waals surface area contributed by atoms with Crippen LogP contribution in [0.25, 0.3) is 0 Å². The number of nitrogens with one attached hydrogen (secondary N) is 1. The van der Waals surface area contributed by atoms with E-state index >= 15 is 0 Å². The third-order valence-corrected chi connectivity index (χ3v) is 5.14. The Labute approximate surface area is 156 Å². The van der Waals surface area contributed by atoms with Gasteiger partial charge in [0.1, 0.15) is 11.6 Å². The first kappa shape index (κ1) is 18.6. The third-order valence-electron chi connectivity index (χ3n) is 5.14. The average molecular weight is 366 g/mol. The monoisotopic (exact) mass is 366 g/mol. The number of aromatic nitrogens is 2. The molecule has 1 aliphatic rings. The molecule has 0 aliphatic carbocycles. The van der Waals surface area contributed by atoms with Crippen LogP contribution in [0.5, 0.6) is 0 Å². The summed E-state index contributed by atoms with van der Waals surface area (Å²) in [7, 11) is 0. The fraction of sp³-hybridized carbons (Fsp3) is 0.400. The predicted octanol–water partition coefficient (Wildman–Crippen LogP) is 1.51. The van der Waals surface area contributed by atoms with E-state index in [1.807, 2.05) is 18.7 Å². The Morgan fingerprint density at radius 3 is 2.67 bits per heavy atom. The fourth-order valence-corrected chi connectivity index (χ4v) is 3.57. The SMILES string of the molecule is Cc1ccc(C2CC(C)N(C(=O)CCn3cc(C#N)c(=O)[nH]c3=O)C2)cc1. The molecule has 1 N–H and O–H groups in total. The highest BCUT2D eigenvalue weighted by Gasteiger charge is 2.32. The minimum absolute atomic E-state index is 0.0336. The topological polar surface area (TPSA) is 99.0 Å². The Bertz CT molecular complexity index is 998. The van der Waals surface area contributed by atoms with Gasteiger partial charge in [-0.1, -0.05) is 29.8 Å². The van der Waals surface area contributed by atoms with Crippen LogP contribution in [-0.2, 0) is 11.3 Å². The van der Waals surface area contributed by atoms with Crippen molar-refractivity contribution in [3.8, 4) is 6.07 Å². The molecule has 1 aromatic heterocycles. The lowest BCUT2D eigenvalue weighted by molar-refractivity contribution is -0.132. The Kier molecular flexibility index (Phi) is 5.26. The van der Waals surface area contributed by atoms with Crippen LogP contribution in [0.15, 0.2) is 40.1 Å². The summed E-state index contributed by atoms with van der Waals surface area (Å²) in [6, 6.07) is 10.3. The van der Waals surface area contributed by atoms with Crippen molar-refractivity contribution >= 4 is 5.91 Å². The van der Waals surface area contributed by atoms with Crippen LogP contribution in [0.3, 0.4) is 0 Å². The number of carbonyl (C=O) groups excluding carboxylic acids is 1. The molecule has 0 spiro atoms. The molecule has 0 saturated carbocycles. The lowest BCUT2D eigenvalue weighted by Gasteiger charge is -2.21. The zero-order chi connectivity index (χ0) is 19.6. The highest BCUT2D eigenvalue weighted by atomic mass is 16.2. The summed E-state index contributed by atoms with van der Waals surface area (Å²) < 4.78 is 1.20. The molecule has 1 amide bonds. The molecule has 2 aromatic rings. The van der Waals surface area contributed by atoms with E-state index in [0.717, 1.165) is 6.42 Å². The van der Waals surface area contributed by atoms with Crippen molar-refractivity contribution in [3.63, 3.8) is 0 Å². The molecule has 27 heavy (non-hydrogen) atoms. The number of benzene rings is 1. The Hall–Kier alpha value is -3.14. The van der Waals surface area contributed by atoms with Gasteiger partial charge in [0.15, 0.2) is 0 Å². The first-order valence-electron chi connectivity index (χ1n) is 8.99. The van der Waals surface area contributed by atoms with Crippen molar-refractivity contribution in [2.75, 3.05) is 6.54 Å². The number of nitriles is 1. The van der Waals surface area contributed by atoms with Gasteiger partial charge in [0.2, 0.25) is 5.91 Å². The maximum atomic E-state index is 12.7. The maximum Gasteiger partial charge on any atom is 0.328 e. The van der Waals surface area contributed by atoms with Crippen LogP contribution < -0.4 is 11.2 Å². The predicted molar refractivity (Wildman–Crippen MR) is 100 cm³/mol. The maximum absolute atomic E-state index is 12.7. The number of hydrogen-bond donors (Lipinski definition) is 1. The van der Waals surface area contributed by atoms with Crippen LogP contribution in [0, 0.1) is 18.3 Å². The molecule has 0 bridgehead atoms. The number of nitrogens with zero attached hydrogens (tertiary/aromatic N) is 3. The van der Waals surface area contributed by atoms with E-state index < -0.39 is 11.2 Å². The molecule has 7 nitrogen and oxygen atoms in total. The zero-order valence-corrected chi connectivity index (χ0v) is 15.4. The second-order valence-electron chi connectivity index (χ2n) is 7.10. The number of carbonyl (C=O) groups is 1. The van der Waals surface area contributed by atoms with Gasteiger partial charge >= 0.3 is 5.69 Å². The number of aromatic amines is 1. The number of likely N-dealkylation sites (tertiary alicyclic amines) is 1. The van der Waals surface area contributed by atoms with Gasteiger partial charge in [-0.2, -0.15) is 5.26 Å². The number of hydrogen-bond acceptors (Lipinski definition) is 4. The van der Waals surface area contributed by atoms with Gasteiger partial charge in [0, 0.05) is 37.7 Å². The average Bonchev–Trinajstić information content (AvgIpc) is 3.03. The highest BCUT2D eigenvalue weighted by Crippen LogP contribution is 2.32. The first-order valence-corrected chi connectivity index (χ1v) is 8.99. The molecule has 1 aromatic carbocycles. The van der Waals surface area contributed by atoms with Crippen molar-refractivity contribution in [1.82, 2.24) is 14.5 Å². The Morgan fingerprint density at radius 1 is 1.30 bits per heavy atom. The van der Waals surface area contributed by atoms with Gasteiger partial charge in [-0.25, -0.2) is 4.79 Å². The first-order chi connectivity index (χ1) is 12.9. The van der Waals surface area contributed by atoms with E-state index in [1.165, 1.54) is 21.9 Å². The van der Waals surface area contributed by atoms with E-state index in [2.05, 4.69) is 29.2 Å². The summed E-state index contributed by atoms with van der Waals surface area (Å²) in [5, 5.41) is 8.91.